The second-order valence-electron chi connectivity index (χ2n) is 3.35. The number of aromatic nitrogens is 2. The minimum Gasteiger partial charge on any atom is -0.392 e. The number of aliphatic hydroxyl groups excluding tert-OH is 1. The maximum Gasteiger partial charge on any atom is 0.189 e. The molecule has 0 saturated carbocycles. The summed E-state index contributed by atoms with van der Waals surface area (Å²) in [4.78, 5) is 8.25. The summed E-state index contributed by atoms with van der Waals surface area (Å²) in [5.74, 6) is 0. The van der Waals surface area contributed by atoms with Crippen molar-refractivity contribution in [3.8, 4) is 6.07 Å². The Kier molecular flexibility index (Phi) is 4.06. The number of hydrogen-bond donors (Lipinski definition) is 1. The molecular weight excluding hydrogens is 210 g/mol. The summed E-state index contributed by atoms with van der Waals surface area (Å²) in [5.41, 5.74) is 1.13. The van der Waals surface area contributed by atoms with E-state index < -0.39 is 6.10 Å². The van der Waals surface area contributed by atoms with E-state index in [4.69, 9.17) is 5.26 Å². The Hall–Kier alpha value is -1.12. The number of hydrogen-bond acceptors (Lipinski definition) is 5. The average molecular weight is 223 g/mol. The Morgan fingerprint density at radius 1 is 1.47 bits per heavy atom. The Labute approximate surface area is 93.4 Å². The first-order valence-corrected chi connectivity index (χ1v) is 5.51. The quantitative estimate of drug-likeness (QED) is 0.621. The molecule has 4 nitrogen and oxygen atoms in total. The highest BCUT2D eigenvalue weighted by Gasteiger charge is 2.13. The molecule has 80 valence electrons. The largest absolute Gasteiger partial charge is 0.392 e. The Morgan fingerprint density at radius 3 is 2.67 bits per heavy atom. The van der Waals surface area contributed by atoms with E-state index in [0.29, 0.717) is 10.9 Å². The van der Waals surface area contributed by atoms with Crippen molar-refractivity contribution in [3.05, 3.63) is 17.5 Å². The molecule has 0 aromatic carbocycles. The summed E-state index contributed by atoms with van der Waals surface area (Å²) in [6, 6.07) is 3.62. The first-order valence-electron chi connectivity index (χ1n) is 4.63. The summed E-state index contributed by atoms with van der Waals surface area (Å²) < 4.78 is 0. The molecule has 5 heteroatoms. The van der Waals surface area contributed by atoms with Gasteiger partial charge in [-0.05, 0) is 19.9 Å². The van der Waals surface area contributed by atoms with Crippen LogP contribution in [0.3, 0.4) is 0 Å². The van der Waals surface area contributed by atoms with E-state index in [1.807, 2.05) is 19.9 Å². The second-order valence-corrected chi connectivity index (χ2v) is 4.70. The lowest BCUT2D eigenvalue weighted by atomic mass is 10.3. The third-order valence-electron chi connectivity index (χ3n) is 1.92. The summed E-state index contributed by atoms with van der Waals surface area (Å²) in [7, 11) is 0. The Morgan fingerprint density at radius 2 is 2.13 bits per heavy atom. The van der Waals surface area contributed by atoms with Gasteiger partial charge in [0.05, 0.1) is 6.10 Å². The Balaban J connectivity index is 2.87. The molecule has 1 aromatic rings. The molecule has 0 spiro atoms. The van der Waals surface area contributed by atoms with Gasteiger partial charge in [-0.1, -0.05) is 18.7 Å². The minimum absolute atomic E-state index is 0.0124. The van der Waals surface area contributed by atoms with Crippen molar-refractivity contribution in [2.45, 2.75) is 37.3 Å². The van der Waals surface area contributed by atoms with Crippen LogP contribution in [0.5, 0.6) is 0 Å². The molecule has 0 amide bonds. The zero-order valence-corrected chi connectivity index (χ0v) is 9.75. The van der Waals surface area contributed by atoms with Crippen LogP contribution < -0.4 is 0 Å². The van der Waals surface area contributed by atoms with Crippen molar-refractivity contribution < 1.29 is 5.11 Å². The maximum absolute atomic E-state index is 9.34. The van der Waals surface area contributed by atoms with Gasteiger partial charge in [-0.2, -0.15) is 5.26 Å². The third kappa shape index (κ3) is 3.50. The predicted molar refractivity (Wildman–Crippen MR) is 58.5 cm³/mol. The minimum atomic E-state index is -0.426. The monoisotopic (exact) mass is 223 g/mol. The van der Waals surface area contributed by atoms with Gasteiger partial charge in [-0.3, -0.25) is 0 Å². The van der Waals surface area contributed by atoms with Crippen LogP contribution in [-0.2, 0) is 0 Å². The number of rotatable bonds is 3. The van der Waals surface area contributed by atoms with E-state index in [9.17, 15) is 5.11 Å². The van der Waals surface area contributed by atoms with Crippen molar-refractivity contribution in [1.82, 2.24) is 9.97 Å². The second kappa shape index (κ2) is 5.10. The lowest BCUT2D eigenvalue weighted by molar-refractivity contribution is 0.196. The third-order valence-corrected chi connectivity index (χ3v) is 3.08. The molecule has 0 aliphatic carbocycles. The average Bonchev–Trinajstić information content (AvgIpc) is 2.16. The maximum atomic E-state index is 9.34. The zero-order valence-electron chi connectivity index (χ0n) is 8.93. The number of aryl methyl sites for hydroxylation is 1. The lowest BCUT2D eigenvalue weighted by Crippen LogP contribution is -2.15. The normalized spacial score (nSPS) is 14.3. The van der Waals surface area contributed by atoms with E-state index >= 15 is 0 Å². The smallest absolute Gasteiger partial charge is 0.189 e. The summed E-state index contributed by atoms with van der Waals surface area (Å²) in [6.07, 6.45) is -0.426. The number of thioether (sulfide) groups is 1. The molecule has 15 heavy (non-hydrogen) atoms. The lowest BCUT2D eigenvalue weighted by Gasteiger charge is -2.12. The van der Waals surface area contributed by atoms with E-state index in [-0.39, 0.29) is 5.25 Å². The van der Waals surface area contributed by atoms with Crippen LogP contribution in [-0.4, -0.2) is 26.4 Å². The molecule has 0 radical (unpaired) electrons. The van der Waals surface area contributed by atoms with Gasteiger partial charge in [0.15, 0.2) is 5.16 Å². The molecule has 0 fully saturated rings. The van der Waals surface area contributed by atoms with Gasteiger partial charge >= 0.3 is 0 Å². The highest BCUT2D eigenvalue weighted by molar-refractivity contribution is 7.99. The van der Waals surface area contributed by atoms with E-state index in [1.165, 1.54) is 11.8 Å². The summed E-state index contributed by atoms with van der Waals surface area (Å²) in [6.45, 7) is 5.44. The molecule has 2 atom stereocenters. The van der Waals surface area contributed by atoms with Crippen LogP contribution in [0.15, 0.2) is 11.2 Å². The predicted octanol–water partition coefficient (Wildman–Crippen LogP) is 1.52. The first-order chi connectivity index (χ1) is 7.02. The van der Waals surface area contributed by atoms with Gasteiger partial charge in [0.2, 0.25) is 0 Å². The first kappa shape index (κ1) is 12.0. The van der Waals surface area contributed by atoms with Crippen LogP contribution in [0.2, 0.25) is 0 Å². The number of nitriles is 1. The van der Waals surface area contributed by atoms with Crippen molar-refractivity contribution in [1.29, 1.82) is 5.26 Å². The molecule has 1 rings (SSSR count). The van der Waals surface area contributed by atoms with Crippen LogP contribution in [0.25, 0.3) is 0 Å². The molecule has 0 saturated heterocycles. The molecule has 0 aliphatic rings. The molecule has 1 aromatic heterocycles. The standard InChI is InChI=1S/C10H13N3OS/c1-6-4-9(5-11)13-10(12-6)15-8(3)7(2)14/h4,7-8,14H,1-3H3. The van der Waals surface area contributed by atoms with Gasteiger partial charge in [0, 0.05) is 10.9 Å². The van der Waals surface area contributed by atoms with E-state index in [2.05, 4.69) is 9.97 Å². The van der Waals surface area contributed by atoms with Crippen LogP contribution in [0.1, 0.15) is 25.2 Å². The molecule has 1 heterocycles. The molecule has 0 aliphatic heterocycles. The van der Waals surface area contributed by atoms with Gasteiger partial charge < -0.3 is 5.11 Å². The van der Waals surface area contributed by atoms with Crippen LogP contribution in [0, 0.1) is 18.3 Å². The molecule has 0 bridgehead atoms. The van der Waals surface area contributed by atoms with Crippen molar-refractivity contribution in [3.63, 3.8) is 0 Å². The fourth-order valence-corrected chi connectivity index (χ4v) is 1.79. The summed E-state index contributed by atoms with van der Waals surface area (Å²) >= 11 is 1.37. The zero-order chi connectivity index (χ0) is 11.4. The van der Waals surface area contributed by atoms with E-state index in [0.717, 1.165) is 5.69 Å². The fraction of sp³-hybridized carbons (Fsp3) is 0.500. The van der Waals surface area contributed by atoms with Crippen molar-refractivity contribution in [2.75, 3.05) is 0 Å². The van der Waals surface area contributed by atoms with Gasteiger partial charge in [-0.25, -0.2) is 9.97 Å². The van der Waals surface area contributed by atoms with Gasteiger partial charge in [0.1, 0.15) is 11.8 Å². The SMILES string of the molecule is Cc1cc(C#N)nc(SC(C)C(C)O)n1. The number of aliphatic hydroxyl groups is 1. The molecular formula is C10H13N3OS. The highest BCUT2D eigenvalue weighted by atomic mass is 32.2. The number of nitrogens with zero attached hydrogens (tertiary/aromatic N) is 3. The van der Waals surface area contributed by atoms with Gasteiger partial charge in [-0.15, -0.1) is 0 Å². The van der Waals surface area contributed by atoms with Crippen molar-refractivity contribution >= 4 is 11.8 Å². The van der Waals surface area contributed by atoms with Crippen molar-refractivity contribution in [2.24, 2.45) is 0 Å². The van der Waals surface area contributed by atoms with E-state index in [1.54, 1.807) is 13.0 Å². The Bertz CT molecular complexity index is 387. The molecule has 2 unspecified atom stereocenters. The van der Waals surface area contributed by atoms with Gasteiger partial charge in [0.25, 0.3) is 0 Å². The highest BCUT2D eigenvalue weighted by Crippen LogP contribution is 2.22. The molecule has 1 N–H and O–H groups in total. The summed E-state index contributed by atoms with van der Waals surface area (Å²) in [5, 5.41) is 18.6. The fourth-order valence-electron chi connectivity index (χ4n) is 0.916. The van der Waals surface area contributed by atoms with Crippen LogP contribution in [0.4, 0.5) is 0 Å². The van der Waals surface area contributed by atoms with Crippen LogP contribution >= 0.6 is 11.8 Å². The topological polar surface area (TPSA) is 69.8 Å².